The fourth-order valence-corrected chi connectivity index (χ4v) is 3.65. The monoisotopic (exact) mass is 286 g/mol. The van der Waals surface area contributed by atoms with Crippen molar-refractivity contribution >= 4 is 28.2 Å². The van der Waals surface area contributed by atoms with Gasteiger partial charge in [0.15, 0.2) is 0 Å². The third-order valence-electron chi connectivity index (χ3n) is 3.12. The number of benzene rings is 2. The van der Waals surface area contributed by atoms with Gasteiger partial charge in [0.2, 0.25) is 0 Å². The summed E-state index contributed by atoms with van der Waals surface area (Å²) < 4.78 is 1.04. The van der Waals surface area contributed by atoms with Crippen molar-refractivity contribution < 1.29 is 0 Å². The van der Waals surface area contributed by atoms with Gasteiger partial charge in [0.25, 0.3) is 0 Å². The summed E-state index contributed by atoms with van der Waals surface area (Å²) in [5.74, 6) is 0. The van der Waals surface area contributed by atoms with Gasteiger partial charge in [-0.1, -0.05) is 86.4 Å². The molecule has 0 bridgehead atoms. The van der Waals surface area contributed by atoms with Crippen LogP contribution in [0.3, 0.4) is 0 Å². The van der Waals surface area contributed by atoms with Gasteiger partial charge in [0.05, 0.1) is 4.20 Å². The van der Waals surface area contributed by atoms with E-state index in [9.17, 15) is 0 Å². The van der Waals surface area contributed by atoms with Crippen LogP contribution in [0.2, 0.25) is 0 Å². The first-order chi connectivity index (χ1) is 9.08. The van der Waals surface area contributed by atoms with E-state index in [0.717, 1.165) is 10.6 Å². The molecule has 2 rings (SSSR count). The van der Waals surface area contributed by atoms with Crippen molar-refractivity contribution in [3.8, 4) is 0 Å². The number of hydrogen-bond donors (Lipinski definition) is 0. The molecule has 0 fully saturated rings. The topological polar surface area (TPSA) is 0 Å². The Morgan fingerprint density at radius 1 is 0.947 bits per heavy atom. The van der Waals surface area contributed by atoms with Crippen LogP contribution in [0.4, 0.5) is 0 Å². The Hall–Kier alpha value is -1.12. The van der Waals surface area contributed by atoms with Gasteiger partial charge in [0, 0.05) is 4.90 Å². The van der Waals surface area contributed by atoms with Gasteiger partial charge in [-0.15, -0.1) is 0 Å². The van der Waals surface area contributed by atoms with Crippen molar-refractivity contribution in [3.63, 3.8) is 0 Å². The van der Waals surface area contributed by atoms with E-state index in [1.165, 1.54) is 10.5 Å². The Kier molecular flexibility index (Phi) is 4.78. The molecule has 0 saturated carbocycles. The van der Waals surface area contributed by atoms with E-state index in [4.69, 9.17) is 12.2 Å². The Labute approximate surface area is 125 Å². The summed E-state index contributed by atoms with van der Waals surface area (Å²) >= 11 is 7.24. The van der Waals surface area contributed by atoms with Gasteiger partial charge < -0.3 is 0 Å². The van der Waals surface area contributed by atoms with Crippen molar-refractivity contribution in [1.82, 2.24) is 0 Å². The van der Waals surface area contributed by atoms with E-state index in [1.54, 1.807) is 11.8 Å². The lowest BCUT2D eigenvalue weighted by atomic mass is 9.82. The van der Waals surface area contributed by atoms with Crippen LogP contribution >= 0.6 is 24.0 Å². The summed E-state index contributed by atoms with van der Waals surface area (Å²) in [5.41, 5.74) is 1.42. The molecule has 0 aliphatic rings. The van der Waals surface area contributed by atoms with E-state index in [0.29, 0.717) is 0 Å². The quantitative estimate of drug-likeness (QED) is 0.539. The van der Waals surface area contributed by atoms with Crippen LogP contribution in [0.5, 0.6) is 0 Å². The Morgan fingerprint density at radius 3 is 2.05 bits per heavy atom. The Balaban J connectivity index is 2.02. The van der Waals surface area contributed by atoms with Crippen LogP contribution in [-0.4, -0.2) is 4.20 Å². The normalized spacial score (nSPS) is 11.3. The van der Waals surface area contributed by atoms with Crippen LogP contribution in [0, 0.1) is 0 Å². The molecule has 98 valence electrons. The van der Waals surface area contributed by atoms with Crippen molar-refractivity contribution in [2.24, 2.45) is 0 Å². The predicted octanol–water partition coefficient (Wildman–Crippen LogP) is 5.47. The molecular weight excluding hydrogens is 268 g/mol. The van der Waals surface area contributed by atoms with Gasteiger partial charge in [0.1, 0.15) is 0 Å². The predicted molar refractivity (Wildman–Crippen MR) is 89.0 cm³/mol. The van der Waals surface area contributed by atoms with Gasteiger partial charge in [-0.25, -0.2) is 0 Å². The molecule has 2 aromatic carbocycles. The molecule has 19 heavy (non-hydrogen) atoms. The molecule has 0 aliphatic carbocycles. The summed E-state index contributed by atoms with van der Waals surface area (Å²) in [6.45, 7) is 4.50. The highest BCUT2D eigenvalue weighted by atomic mass is 32.2. The molecule has 0 atom stereocenters. The zero-order chi connectivity index (χ0) is 13.7. The molecule has 0 amide bonds. The lowest BCUT2D eigenvalue weighted by molar-refractivity contribution is 0.555. The first kappa shape index (κ1) is 14.3. The highest BCUT2D eigenvalue weighted by Crippen LogP contribution is 2.32. The highest BCUT2D eigenvalue weighted by Gasteiger charge is 2.22. The number of rotatable bonds is 4. The summed E-state index contributed by atoms with van der Waals surface area (Å²) in [6, 6.07) is 20.9. The molecule has 0 N–H and O–H groups in total. The van der Waals surface area contributed by atoms with Crippen LogP contribution in [0.25, 0.3) is 0 Å². The molecule has 0 aromatic heterocycles. The number of thioether (sulfide) groups is 1. The smallest absolute Gasteiger partial charge is 0.0535 e. The van der Waals surface area contributed by atoms with Gasteiger partial charge >= 0.3 is 0 Å². The molecule has 0 aliphatic heterocycles. The average Bonchev–Trinajstić information content (AvgIpc) is 2.40. The summed E-state index contributed by atoms with van der Waals surface area (Å²) in [7, 11) is 0. The van der Waals surface area contributed by atoms with Crippen molar-refractivity contribution in [3.05, 3.63) is 66.2 Å². The third-order valence-corrected chi connectivity index (χ3v) is 4.39. The lowest BCUT2D eigenvalue weighted by Gasteiger charge is -2.25. The van der Waals surface area contributed by atoms with Gasteiger partial charge in [-0.2, -0.15) is 0 Å². The Morgan fingerprint density at radius 2 is 1.47 bits per heavy atom. The zero-order valence-electron chi connectivity index (χ0n) is 11.3. The zero-order valence-corrected chi connectivity index (χ0v) is 12.9. The molecule has 0 saturated heterocycles. The van der Waals surface area contributed by atoms with Crippen molar-refractivity contribution in [2.45, 2.75) is 30.6 Å². The second kappa shape index (κ2) is 6.36. The molecule has 0 heterocycles. The maximum atomic E-state index is 5.55. The lowest BCUT2D eigenvalue weighted by Crippen LogP contribution is -2.19. The van der Waals surface area contributed by atoms with Crippen LogP contribution in [0.1, 0.15) is 25.8 Å². The minimum atomic E-state index is 0.0835. The standard InChI is InChI=1S/C17H18S2/c1-17(2,14-9-5-3-6-10-14)13-16(18)19-15-11-7-4-8-12-15/h3-12H,13H2,1-2H3. The molecule has 0 nitrogen and oxygen atoms in total. The first-order valence-electron chi connectivity index (χ1n) is 6.39. The largest absolute Gasteiger partial charge is 0.0827 e. The second-order valence-electron chi connectivity index (χ2n) is 5.21. The van der Waals surface area contributed by atoms with Crippen molar-refractivity contribution in [2.75, 3.05) is 0 Å². The fraction of sp³-hybridized carbons (Fsp3) is 0.235. The fourth-order valence-electron chi connectivity index (χ4n) is 2.01. The highest BCUT2D eigenvalue weighted by molar-refractivity contribution is 8.23. The van der Waals surface area contributed by atoms with Crippen molar-refractivity contribution in [1.29, 1.82) is 0 Å². The van der Waals surface area contributed by atoms with E-state index < -0.39 is 0 Å². The van der Waals surface area contributed by atoms with Crippen LogP contribution < -0.4 is 0 Å². The van der Waals surface area contributed by atoms with Crippen LogP contribution in [0.15, 0.2) is 65.6 Å². The molecule has 0 spiro atoms. The molecule has 0 radical (unpaired) electrons. The number of hydrogen-bond acceptors (Lipinski definition) is 2. The third kappa shape index (κ3) is 4.19. The minimum Gasteiger partial charge on any atom is -0.0827 e. The number of thiocarbonyl (C=S) groups is 1. The van der Waals surface area contributed by atoms with E-state index in [1.807, 2.05) is 18.2 Å². The summed E-state index contributed by atoms with van der Waals surface area (Å²) in [4.78, 5) is 1.22. The molecule has 2 aromatic rings. The SMILES string of the molecule is CC(C)(CC(=S)Sc1ccccc1)c1ccccc1. The van der Waals surface area contributed by atoms with Crippen LogP contribution in [-0.2, 0) is 5.41 Å². The average molecular weight is 286 g/mol. The van der Waals surface area contributed by atoms with E-state index >= 15 is 0 Å². The first-order valence-corrected chi connectivity index (χ1v) is 7.62. The molecule has 2 heteroatoms. The minimum absolute atomic E-state index is 0.0835. The summed E-state index contributed by atoms with van der Waals surface area (Å²) in [5, 5.41) is 0. The van der Waals surface area contributed by atoms with Gasteiger partial charge in [-0.3, -0.25) is 0 Å². The maximum Gasteiger partial charge on any atom is 0.0535 e. The Bertz CT molecular complexity index is 530. The molecule has 0 unspecified atom stereocenters. The summed E-state index contributed by atoms with van der Waals surface area (Å²) in [6.07, 6.45) is 0.909. The second-order valence-corrected chi connectivity index (χ2v) is 7.13. The van der Waals surface area contributed by atoms with E-state index in [2.05, 4.69) is 56.3 Å². The maximum absolute atomic E-state index is 5.55. The molecular formula is C17H18S2. The van der Waals surface area contributed by atoms with Gasteiger partial charge in [-0.05, 0) is 29.5 Å². The van der Waals surface area contributed by atoms with E-state index in [-0.39, 0.29) is 5.41 Å².